The zero-order valence-corrected chi connectivity index (χ0v) is 13.2. The normalized spacial score (nSPS) is 15.3. The van der Waals surface area contributed by atoms with Crippen LogP contribution >= 0.6 is 0 Å². The van der Waals surface area contributed by atoms with Gasteiger partial charge in [-0.25, -0.2) is 4.68 Å². The first-order valence-electron chi connectivity index (χ1n) is 7.97. The van der Waals surface area contributed by atoms with Crippen molar-refractivity contribution >= 4 is 11.6 Å². The number of anilines is 1. The van der Waals surface area contributed by atoms with E-state index < -0.39 is 0 Å². The number of amides is 1. The highest BCUT2D eigenvalue weighted by atomic mass is 16.5. The average Bonchev–Trinajstić information content (AvgIpc) is 3.10. The van der Waals surface area contributed by atoms with E-state index in [1.807, 2.05) is 12.1 Å². The van der Waals surface area contributed by atoms with Crippen LogP contribution in [0.1, 0.15) is 38.5 Å². The molecule has 0 atom stereocenters. The van der Waals surface area contributed by atoms with Crippen molar-refractivity contribution < 1.29 is 9.53 Å². The highest BCUT2D eigenvalue weighted by molar-refractivity contribution is 5.91. The van der Waals surface area contributed by atoms with Gasteiger partial charge in [0.15, 0.2) is 0 Å². The summed E-state index contributed by atoms with van der Waals surface area (Å²) < 4.78 is 6.82. The van der Waals surface area contributed by atoms with Gasteiger partial charge in [0, 0.05) is 24.2 Å². The van der Waals surface area contributed by atoms with Crippen molar-refractivity contribution in [2.24, 2.45) is 5.92 Å². The van der Waals surface area contributed by atoms with Gasteiger partial charge in [-0.05, 0) is 35.3 Å². The maximum atomic E-state index is 12.3. The zero-order valence-electron chi connectivity index (χ0n) is 13.2. The molecule has 3 rings (SSSR count). The number of rotatable bonds is 5. The maximum absolute atomic E-state index is 12.3. The van der Waals surface area contributed by atoms with Gasteiger partial charge in [0.1, 0.15) is 12.1 Å². The van der Waals surface area contributed by atoms with Gasteiger partial charge >= 0.3 is 0 Å². The molecular formula is C16H21N5O2. The third-order valence-corrected chi connectivity index (χ3v) is 4.22. The lowest BCUT2D eigenvalue weighted by Crippen LogP contribution is -2.18. The molecule has 1 fully saturated rings. The van der Waals surface area contributed by atoms with Crippen LogP contribution in [0.25, 0.3) is 5.69 Å². The quantitative estimate of drug-likeness (QED) is 0.917. The largest absolute Gasteiger partial charge is 0.497 e. The van der Waals surface area contributed by atoms with Crippen molar-refractivity contribution in [1.29, 1.82) is 0 Å². The molecule has 1 amide bonds. The second-order valence-corrected chi connectivity index (χ2v) is 5.93. The first-order chi connectivity index (χ1) is 11.2. The van der Waals surface area contributed by atoms with Crippen molar-refractivity contribution in [3.63, 3.8) is 0 Å². The minimum absolute atomic E-state index is 0.0489. The highest BCUT2D eigenvalue weighted by Crippen LogP contribution is 2.27. The average molecular weight is 315 g/mol. The molecule has 0 spiro atoms. The Balaban J connectivity index is 1.71. The summed E-state index contributed by atoms with van der Waals surface area (Å²) in [5, 5.41) is 14.1. The van der Waals surface area contributed by atoms with E-state index in [2.05, 4.69) is 20.8 Å². The Labute approximate surface area is 135 Å². The lowest BCUT2D eigenvalue weighted by molar-refractivity contribution is -0.117. The van der Waals surface area contributed by atoms with E-state index in [0.717, 1.165) is 18.5 Å². The zero-order chi connectivity index (χ0) is 16.1. The summed E-state index contributed by atoms with van der Waals surface area (Å²) in [6.07, 6.45) is 8.16. The van der Waals surface area contributed by atoms with Crippen LogP contribution in [0.4, 0.5) is 5.69 Å². The summed E-state index contributed by atoms with van der Waals surface area (Å²) in [4.78, 5) is 12.3. The molecule has 0 saturated heterocycles. The second-order valence-electron chi connectivity index (χ2n) is 5.93. The van der Waals surface area contributed by atoms with E-state index in [4.69, 9.17) is 4.74 Å². The smallest absolute Gasteiger partial charge is 0.224 e. The fourth-order valence-electron chi connectivity index (χ4n) is 3.05. The number of nitrogens with zero attached hydrogens (tertiary/aromatic N) is 4. The van der Waals surface area contributed by atoms with Gasteiger partial charge in [-0.2, -0.15) is 0 Å². The van der Waals surface area contributed by atoms with Gasteiger partial charge in [0.2, 0.25) is 5.91 Å². The van der Waals surface area contributed by atoms with Crippen LogP contribution in [-0.2, 0) is 4.79 Å². The van der Waals surface area contributed by atoms with E-state index in [-0.39, 0.29) is 5.91 Å². The topological polar surface area (TPSA) is 81.9 Å². The Bertz CT molecular complexity index is 650. The van der Waals surface area contributed by atoms with Gasteiger partial charge in [-0.1, -0.05) is 19.3 Å². The predicted octanol–water partition coefficient (Wildman–Crippen LogP) is 2.58. The first-order valence-corrected chi connectivity index (χ1v) is 7.97. The molecule has 0 unspecified atom stereocenters. The molecule has 0 aliphatic heterocycles. The van der Waals surface area contributed by atoms with E-state index in [9.17, 15) is 4.79 Å². The monoisotopic (exact) mass is 315 g/mol. The second kappa shape index (κ2) is 7.21. The van der Waals surface area contributed by atoms with Crippen LogP contribution in [0.3, 0.4) is 0 Å². The van der Waals surface area contributed by atoms with Crippen LogP contribution in [0, 0.1) is 5.92 Å². The highest BCUT2D eigenvalue weighted by Gasteiger charge is 2.17. The number of methoxy groups -OCH3 is 1. The number of carbonyl (C=O) groups excluding carboxylic acids is 1. The van der Waals surface area contributed by atoms with Crippen molar-refractivity contribution in [2.75, 3.05) is 12.4 Å². The Morgan fingerprint density at radius 3 is 2.83 bits per heavy atom. The van der Waals surface area contributed by atoms with E-state index >= 15 is 0 Å². The Kier molecular flexibility index (Phi) is 4.85. The van der Waals surface area contributed by atoms with Gasteiger partial charge in [-0.15, -0.1) is 5.10 Å². The molecule has 7 heteroatoms. The van der Waals surface area contributed by atoms with Crippen LogP contribution < -0.4 is 10.1 Å². The molecule has 7 nitrogen and oxygen atoms in total. The SMILES string of the molecule is COc1cc(NC(=O)CC2CCCCC2)cc(-n2cnnn2)c1. The van der Waals surface area contributed by atoms with Crippen LogP contribution in [-0.4, -0.2) is 33.2 Å². The molecule has 0 radical (unpaired) electrons. The van der Waals surface area contributed by atoms with Crippen LogP contribution in [0.15, 0.2) is 24.5 Å². The van der Waals surface area contributed by atoms with Gasteiger partial charge in [-0.3, -0.25) is 4.79 Å². The molecular weight excluding hydrogens is 294 g/mol. The predicted molar refractivity (Wildman–Crippen MR) is 85.5 cm³/mol. The fraction of sp³-hybridized carbons (Fsp3) is 0.500. The molecule has 1 N–H and O–H groups in total. The number of hydrogen-bond donors (Lipinski definition) is 1. The molecule has 1 aromatic carbocycles. The number of hydrogen-bond acceptors (Lipinski definition) is 5. The minimum atomic E-state index is 0.0489. The lowest BCUT2D eigenvalue weighted by atomic mass is 9.87. The third-order valence-electron chi connectivity index (χ3n) is 4.22. The Morgan fingerprint density at radius 1 is 1.30 bits per heavy atom. The summed E-state index contributed by atoms with van der Waals surface area (Å²) in [6.45, 7) is 0. The molecule has 1 saturated carbocycles. The van der Waals surface area contributed by atoms with Crippen molar-refractivity contribution in [3.8, 4) is 11.4 Å². The summed E-state index contributed by atoms with van der Waals surface area (Å²) >= 11 is 0. The molecule has 1 heterocycles. The third kappa shape index (κ3) is 4.06. The van der Waals surface area contributed by atoms with Gasteiger partial charge < -0.3 is 10.1 Å². The summed E-state index contributed by atoms with van der Waals surface area (Å²) in [7, 11) is 1.59. The molecule has 0 bridgehead atoms. The lowest BCUT2D eigenvalue weighted by Gasteiger charge is -2.21. The number of aromatic nitrogens is 4. The number of nitrogens with one attached hydrogen (secondary N) is 1. The van der Waals surface area contributed by atoms with E-state index in [1.54, 1.807) is 13.2 Å². The summed E-state index contributed by atoms with van der Waals surface area (Å²) in [6, 6.07) is 5.44. The molecule has 1 aliphatic carbocycles. The Morgan fingerprint density at radius 2 is 2.13 bits per heavy atom. The Hall–Kier alpha value is -2.44. The number of carbonyl (C=O) groups is 1. The van der Waals surface area contributed by atoms with Crippen LogP contribution in [0.2, 0.25) is 0 Å². The molecule has 122 valence electrons. The van der Waals surface area contributed by atoms with Crippen molar-refractivity contribution in [2.45, 2.75) is 38.5 Å². The molecule has 23 heavy (non-hydrogen) atoms. The van der Waals surface area contributed by atoms with Crippen LogP contribution in [0.5, 0.6) is 5.75 Å². The van der Waals surface area contributed by atoms with Crippen molar-refractivity contribution in [1.82, 2.24) is 20.2 Å². The molecule has 1 aromatic heterocycles. The summed E-state index contributed by atoms with van der Waals surface area (Å²) in [5.74, 6) is 1.20. The van der Waals surface area contributed by atoms with Gasteiger partial charge in [0.05, 0.1) is 12.8 Å². The number of benzene rings is 1. The minimum Gasteiger partial charge on any atom is -0.497 e. The number of ether oxygens (including phenoxy) is 1. The van der Waals surface area contributed by atoms with Crippen molar-refractivity contribution in [3.05, 3.63) is 24.5 Å². The maximum Gasteiger partial charge on any atom is 0.224 e. The van der Waals surface area contributed by atoms with E-state index in [0.29, 0.717) is 23.8 Å². The standard InChI is InChI=1S/C16H21N5O2/c1-23-15-9-13(8-14(10-15)21-11-17-19-20-21)18-16(22)7-12-5-3-2-4-6-12/h8-12H,2-7H2,1H3,(H,18,22). The number of tetrazole rings is 1. The first kappa shape index (κ1) is 15.5. The fourth-order valence-corrected chi connectivity index (χ4v) is 3.05. The molecule has 2 aromatic rings. The van der Waals surface area contributed by atoms with E-state index in [1.165, 1.54) is 30.3 Å². The van der Waals surface area contributed by atoms with Gasteiger partial charge in [0.25, 0.3) is 0 Å². The molecule has 1 aliphatic rings. The summed E-state index contributed by atoms with van der Waals surface area (Å²) in [5.41, 5.74) is 1.43.